The van der Waals surface area contributed by atoms with Gasteiger partial charge in [-0.25, -0.2) is 4.98 Å². The number of hydrogen-bond donors (Lipinski definition) is 2. The fourth-order valence-corrected chi connectivity index (χ4v) is 1.46. The number of hydrazone groups is 1. The summed E-state index contributed by atoms with van der Waals surface area (Å²) in [5.41, 5.74) is 3.77. The third kappa shape index (κ3) is 2.18. The Kier molecular flexibility index (Phi) is 2.58. The summed E-state index contributed by atoms with van der Waals surface area (Å²) in [7, 11) is 0. The number of nitrogens with one attached hydrogen (secondary N) is 2. The first-order chi connectivity index (χ1) is 6.84. The van der Waals surface area contributed by atoms with Crippen LogP contribution >= 0.6 is 0 Å². The molecule has 2 rings (SSSR count). The van der Waals surface area contributed by atoms with Gasteiger partial charge < -0.3 is 4.98 Å². The molecule has 14 heavy (non-hydrogen) atoms. The number of hydrogen-bond acceptors (Lipinski definition) is 4. The molecule has 0 amide bonds. The Bertz CT molecular complexity index is 388. The lowest BCUT2D eigenvalue weighted by molar-refractivity contribution is 0.886. The molecule has 1 aromatic rings. The smallest absolute Gasteiger partial charge is 0.252 e. The van der Waals surface area contributed by atoms with E-state index in [1.807, 2.05) is 0 Å². The Morgan fingerprint density at radius 1 is 1.43 bits per heavy atom. The van der Waals surface area contributed by atoms with E-state index in [2.05, 4.69) is 20.5 Å². The van der Waals surface area contributed by atoms with Gasteiger partial charge in [-0.3, -0.25) is 10.2 Å². The van der Waals surface area contributed by atoms with E-state index in [-0.39, 0.29) is 5.56 Å². The zero-order chi connectivity index (χ0) is 9.80. The number of aromatic nitrogens is 2. The average Bonchev–Trinajstić information content (AvgIpc) is 2.67. The molecule has 1 aromatic heterocycles. The lowest BCUT2D eigenvalue weighted by Gasteiger charge is -1.98. The van der Waals surface area contributed by atoms with E-state index >= 15 is 0 Å². The van der Waals surface area contributed by atoms with Gasteiger partial charge in [0, 0.05) is 11.8 Å². The molecule has 1 saturated carbocycles. The molecule has 0 radical (unpaired) electrons. The van der Waals surface area contributed by atoms with Crippen molar-refractivity contribution in [3.8, 4) is 0 Å². The fourth-order valence-electron chi connectivity index (χ4n) is 1.46. The second-order valence-electron chi connectivity index (χ2n) is 3.29. The molecule has 0 unspecified atom stereocenters. The molecule has 0 spiro atoms. The van der Waals surface area contributed by atoms with Gasteiger partial charge in [-0.15, -0.1) is 0 Å². The first-order valence-electron chi connectivity index (χ1n) is 4.71. The molecule has 0 bridgehead atoms. The molecule has 1 heterocycles. The van der Waals surface area contributed by atoms with Crippen LogP contribution < -0.4 is 11.0 Å². The van der Waals surface area contributed by atoms with E-state index in [9.17, 15) is 4.79 Å². The molecule has 0 saturated heterocycles. The SMILES string of the molecule is O=c1cc(NN=C2CCCC2)nc[nH]1. The van der Waals surface area contributed by atoms with Crippen LogP contribution in [-0.2, 0) is 0 Å². The third-order valence-corrected chi connectivity index (χ3v) is 2.19. The summed E-state index contributed by atoms with van der Waals surface area (Å²) >= 11 is 0. The highest BCUT2D eigenvalue weighted by Gasteiger charge is 2.07. The predicted molar refractivity (Wildman–Crippen MR) is 54.4 cm³/mol. The molecule has 1 aliphatic rings. The van der Waals surface area contributed by atoms with E-state index in [1.54, 1.807) is 0 Å². The molecule has 1 fully saturated rings. The summed E-state index contributed by atoms with van der Waals surface area (Å²) in [5.74, 6) is 0.494. The van der Waals surface area contributed by atoms with Crippen molar-refractivity contribution < 1.29 is 0 Å². The molecule has 5 nitrogen and oxygen atoms in total. The maximum absolute atomic E-state index is 10.9. The van der Waals surface area contributed by atoms with E-state index in [1.165, 1.54) is 25.2 Å². The summed E-state index contributed by atoms with van der Waals surface area (Å²) in [6, 6.07) is 1.39. The molecule has 0 aliphatic heterocycles. The van der Waals surface area contributed by atoms with Gasteiger partial charge in [-0.05, 0) is 25.7 Å². The molecular weight excluding hydrogens is 180 g/mol. The van der Waals surface area contributed by atoms with Crippen molar-refractivity contribution in [3.05, 3.63) is 22.7 Å². The Balaban J connectivity index is 2.04. The molecule has 0 atom stereocenters. The van der Waals surface area contributed by atoms with Crippen molar-refractivity contribution in [3.63, 3.8) is 0 Å². The number of H-pyrrole nitrogens is 1. The minimum absolute atomic E-state index is 0.172. The minimum Gasteiger partial charge on any atom is -0.313 e. The van der Waals surface area contributed by atoms with Crippen LogP contribution in [0.2, 0.25) is 0 Å². The maximum atomic E-state index is 10.9. The van der Waals surface area contributed by atoms with Crippen molar-refractivity contribution in [1.29, 1.82) is 0 Å². The van der Waals surface area contributed by atoms with Crippen molar-refractivity contribution >= 4 is 11.5 Å². The molecule has 74 valence electrons. The van der Waals surface area contributed by atoms with Crippen LogP contribution in [-0.4, -0.2) is 15.7 Å². The van der Waals surface area contributed by atoms with Crippen LogP contribution in [0.25, 0.3) is 0 Å². The van der Waals surface area contributed by atoms with Crippen LogP contribution in [0.4, 0.5) is 5.82 Å². The highest BCUT2D eigenvalue weighted by molar-refractivity contribution is 5.86. The summed E-state index contributed by atoms with van der Waals surface area (Å²) in [4.78, 5) is 17.3. The van der Waals surface area contributed by atoms with E-state index < -0.39 is 0 Å². The first kappa shape index (κ1) is 8.93. The molecule has 0 aromatic carbocycles. The Morgan fingerprint density at radius 3 is 2.93 bits per heavy atom. The predicted octanol–water partition coefficient (Wildman–Crippen LogP) is 1.11. The number of rotatable bonds is 2. The molecular formula is C9H12N4O. The van der Waals surface area contributed by atoms with Gasteiger partial charge in [0.1, 0.15) is 0 Å². The van der Waals surface area contributed by atoms with Crippen LogP contribution in [0.15, 0.2) is 22.3 Å². The van der Waals surface area contributed by atoms with Gasteiger partial charge in [0.15, 0.2) is 5.82 Å². The summed E-state index contributed by atoms with van der Waals surface area (Å²) < 4.78 is 0. The van der Waals surface area contributed by atoms with Crippen molar-refractivity contribution in [1.82, 2.24) is 9.97 Å². The van der Waals surface area contributed by atoms with Gasteiger partial charge in [0.25, 0.3) is 5.56 Å². The van der Waals surface area contributed by atoms with Crippen LogP contribution in [0.1, 0.15) is 25.7 Å². The molecule has 1 aliphatic carbocycles. The van der Waals surface area contributed by atoms with E-state index in [0.717, 1.165) is 18.6 Å². The standard InChI is InChI=1S/C9H12N4O/c14-9-5-8(10-6-11-9)13-12-7-3-1-2-4-7/h5-6H,1-4H2,(H2,10,11,13,14). The zero-order valence-electron chi connectivity index (χ0n) is 7.79. The van der Waals surface area contributed by atoms with Gasteiger partial charge in [0.2, 0.25) is 0 Å². The van der Waals surface area contributed by atoms with Gasteiger partial charge in [-0.2, -0.15) is 5.10 Å². The van der Waals surface area contributed by atoms with Gasteiger partial charge >= 0.3 is 0 Å². The second-order valence-corrected chi connectivity index (χ2v) is 3.29. The topological polar surface area (TPSA) is 70.1 Å². The Morgan fingerprint density at radius 2 is 2.21 bits per heavy atom. The monoisotopic (exact) mass is 192 g/mol. The lowest BCUT2D eigenvalue weighted by Crippen LogP contribution is -2.07. The summed E-state index contributed by atoms with van der Waals surface area (Å²) in [6.07, 6.45) is 5.89. The van der Waals surface area contributed by atoms with Crippen LogP contribution in [0.3, 0.4) is 0 Å². The minimum atomic E-state index is -0.172. The molecule has 5 heteroatoms. The fraction of sp³-hybridized carbons (Fsp3) is 0.444. The first-order valence-corrected chi connectivity index (χ1v) is 4.71. The normalized spacial score (nSPS) is 15.6. The third-order valence-electron chi connectivity index (χ3n) is 2.19. The average molecular weight is 192 g/mol. The van der Waals surface area contributed by atoms with E-state index in [0.29, 0.717) is 5.82 Å². The maximum Gasteiger partial charge on any atom is 0.252 e. The van der Waals surface area contributed by atoms with Crippen molar-refractivity contribution in [2.45, 2.75) is 25.7 Å². The van der Waals surface area contributed by atoms with Gasteiger partial charge in [0.05, 0.1) is 6.33 Å². The highest BCUT2D eigenvalue weighted by Crippen LogP contribution is 2.14. The molecule has 2 N–H and O–H groups in total. The number of nitrogens with zero attached hydrogens (tertiary/aromatic N) is 2. The van der Waals surface area contributed by atoms with Crippen molar-refractivity contribution in [2.24, 2.45) is 5.10 Å². The number of aromatic amines is 1. The largest absolute Gasteiger partial charge is 0.313 e. The Hall–Kier alpha value is -1.65. The van der Waals surface area contributed by atoms with Crippen LogP contribution in [0.5, 0.6) is 0 Å². The number of anilines is 1. The lowest BCUT2D eigenvalue weighted by atomic mass is 10.3. The van der Waals surface area contributed by atoms with Crippen LogP contribution in [0, 0.1) is 0 Å². The van der Waals surface area contributed by atoms with E-state index in [4.69, 9.17) is 0 Å². The van der Waals surface area contributed by atoms with Crippen molar-refractivity contribution in [2.75, 3.05) is 5.43 Å². The zero-order valence-corrected chi connectivity index (χ0v) is 7.79. The quantitative estimate of drug-likeness (QED) is 0.689. The Labute approximate surface area is 81.3 Å². The van der Waals surface area contributed by atoms with Gasteiger partial charge in [-0.1, -0.05) is 0 Å². The second kappa shape index (κ2) is 4.04. The summed E-state index contributed by atoms with van der Waals surface area (Å²) in [5, 5.41) is 4.19. The summed E-state index contributed by atoms with van der Waals surface area (Å²) in [6.45, 7) is 0. The highest BCUT2D eigenvalue weighted by atomic mass is 16.1.